The second kappa shape index (κ2) is 9.40. The van der Waals surface area contributed by atoms with Crippen molar-refractivity contribution in [3.8, 4) is 0 Å². The quantitative estimate of drug-likeness (QED) is 0.744. The Kier molecular flexibility index (Phi) is 6.69. The predicted octanol–water partition coefficient (Wildman–Crippen LogP) is 4.56. The number of benzene rings is 1. The molecule has 144 valence electrons. The summed E-state index contributed by atoms with van der Waals surface area (Å²) in [6, 6.07) is 10.1. The average molecular weight is 367 g/mol. The summed E-state index contributed by atoms with van der Waals surface area (Å²) in [7, 11) is 0. The Morgan fingerprint density at radius 2 is 1.74 bits per heavy atom. The monoisotopic (exact) mass is 366 g/mol. The molecule has 1 aromatic heterocycles. The van der Waals surface area contributed by atoms with Crippen molar-refractivity contribution in [2.24, 2.45) is 0 Å². The van der Waals surface area contributed by atoms with Gasteiger partial charge in [0.2, 0.25) is 0 Å². The summed E-state index contributed by atoms with van der Waals surface area (Å²) >= 11 is 0. The summed E-state index contributed by atoms with van der Waals surface area (Å²) in [5.74, 6) is -0.119. The molecule has 5 nitrogen and oxygen atoms in total. The van der Waals surface area contributed by atoms with Gasteiger partial charge in [0.05, 0.1) is 17.4 Å². The van der Waals surface area contributed by atoms with Crippen LogP contribution in [-0.2, 0) is 0 Å². The summed E-state index contributed by atoms with van der Waals surface area (Å²) < 4.78 is 0. The van der Waals surface area contributed by atoms with Gasteiger partial charge in [-0.3, -0.25) is 9.78 Å². The van der Waals surface area contributed by atoms with Crippen LogP contribution in [0.4, 0.5) is 17.1 Å². The van der Waals surface area contributed by atoms with E-state index in [0.717, 1.165) is 50.4 Å². The maximum absolute atomic E-state index is 12.7. The Balaban J connectivity index is 1.67. The number of anilines is 3. The van der Waals surface area contributed by atoms with E-state index < -0.39 is 0 Å². The molecule has 2 aromatic rings. The van der Waals surface area contributed by atoms with E-state index in [-0.39, 0.29) is 5.91 Å². The van der Waals surface area contributed by atoms with Crippen LogP contribution in [0.15, 0.2) is 42.7 Å². The molecule has 2 heterocycles. The zero-order chi connectivity index (χ0) is 19.1. The Morgan fingerprint density at radius 1 is 1.07 bits per heavy atom. The van der Waals surface area contributed by atoms with Crippen LogP contribution in [0.5, 0.6) is 0 Å². The Labute approximate surface area is 162 Å². The zero-order valence-electron chi connectivity index (χ0n) is 16.4. The standard InChI is InChI=1S/C22H30N4O/c1-3-11-25(12-4-2)21-15-18(16-23-17-21)22(27)24-19-7-9-20(10-8-19)26-13-5-6-14-26/h7-10,15-17H,3-6,11-14H2,1-2H3,(H,24,27). The molecule has 1 N–H and O–H groups in total. The van der Waals surface area contributed by atoms with E-state index in [4.69, 9.17) is 0 Å². The van der Waals surface area contributed by atoms with E-state index >= 15 is 0 Å². The van der Waals surface area contributed by atoms with Gasteiger partial charge in [-0.05, 0) is 56.0 Å². The number of hydrogen-bond donors (Lipinski definition) is 1. The van der Waals surface area contributed by atoms with Gasteiger partial charge in [0, 0.05) is 43.8 Å². The largest absolute Gasteiger partial charge is 0.372 e. The number of hydrogen-bond acceptors (Lipinski definition) is 4. The van der Waals surface area contributed by atoms with Gasteiger partial charge in [-0.1, -0.05) is 13.8 Å². The molecule has 27 heavy (non-hydrogen) atoms. The Bertz CT molecular complexity index is 732. The first-order valence-electron chi connectivity index (χ1n) is 10.1. The fourth-order valence-electron chi connectivity index (χ4n) is 3.57. The van der Waals surface area contributed by atoms with Crippen LogP contribution >= 0.6 is 0 Å². The molecule has 0 spiro atoms. The number of pyridine rings is 1. The highest BCUT2D eigenvalue weighted by molar-refractivity contribution is 6.04. The third-order valence-electron chi connectivity index (χ3n) is 4.93. The van der Waals surface area contributed by atoms with Crippen LogP contribution in [0.25, 0.3) is 0 Å². The summed E-state index contributed by atoms with van der Waals surface area (Å²) in [6.07, 6.45) is 8.13. The Morgan fingerprint density at radius 3 is 2.37 bits per heavy atom. The number of amides is 1. The fraction of sp³-hybridized carbons (Fsp3) is 0.455. The third-order valence-corrected chi connectivity index (χ3v) is 4.93. The van der Waals surface area contributed by atoms with Gasteiger partial charge in [0.1, 0.15) is 0 Å². The highest BCUT2D eigenvalue weighted by atomic mass is 16.1. The van der Waals surface area contributed by atoms with Crippen molar-refractivity contribution in [1.82, 2.24) is 4.98 Å². The summed E-state index contributed by atoms with van der Waals surface area (Å²) in [5.41, 5.74) is 3.64. The van der Waals surface area contributed by atoms with Gasteiger partial charge >= 0.3 is 0 Å². The van der Waals surface area contributed by atoms with Crippen LogP contribution in [0.2, 0.25) is 0 Å². The van der Waals surface area contributed by atoms with Gasteiger partial charge in [-0.15, -0.1) is 0 Å². The van der Waals surface area contributed by atoms with Gasteiger partial charge in [0.25, 0.3) is 5.91 Å². The summed E-state index contributed by atoms with van der Waals surface area (Å²) in [4.78, 5) is 21.6. The molecule has 0 aliphatic carbocycles. The number of carbonyl (C=O) groups excluding carboxylic acids is 1. The van der Waals surface area contributed by atoms with Crippen LogP contribution in [0, 0.1) is 0 Å². The number of nitrogens with one attached hydrogen (secondary N) is 1. The number of aromatic nitrogens is 1. The van der Waals surface area contributed by atoms with E-state index in [1.165, 1.54) is 18.5 Å². The molecule has 0 unspecified atom stereocenters. The fourth-order valence-corrected chi connectivity index (χ4v) is 3.57. The lowest BCUT2D eigenvalue weighted by atomic mass is 10.2. The van der Waals surface area contributed by atoms with E-state index in [1.54, 1.807) is 6.20 Å². The topological polar surface area (TPSA) is 48.5 Å². The predicted molar refractivity (Wildman–Crippen MR) is 113 cm³/mol. The molecule has 1 amide bonds. The normalized spacial score (nSPS) is 13.6. The van der Waals surface area contributed by atoms with Crippen LogP contribution in [0.1, 0.15) is 49.9 Å². The molecule has 1 aliphatic rings. The lowest BCUT2D eigenvalue weighted by Gasteiger charge is -2.23. The number of nitrogens with zero attached hydrogens (tertiary/aromatic N) is 3. The molecule has 1 fully saturated rings. The average Bonchev–Trinajstić information content (AvgIpc) is 3.23. The molecular formula is C22H30N4O. The Hall–Kier alpha value is -2.56. The van der Waals surface area contributed by atoms with Gasteiger partial charge < -0.3 is 15.1 Å². The molecule has 0 saturated carbocycles. The summed E-state index contributed by atoms with van der Waals surface area (Å²) in [5, 5.41) is 2.99. The van der Waals surface area contributed by atoms with Crippen LogP contribution < -0.4 is 15.1 Å². The number of rotatable bonds is 8. The van der Waals surface area contributed by atoms with Gasteiger partial charge in [0.15, 0.2) is 0 Å². The van der Waals surface area contributed by atoms with E-state index in [2.05, 4.69) is 46.1 Å². The highest BCUT2D eigenvalue weighted by Gasteiger charge is 2.13. The SMILES string of the molecule is CCCN(CCC)c1cncc(C(=O)Nc2ccc(N3CCCC3)cc2)c1. The minimum absolute atomic E-state index is 0.119. The molecule has 3 rings (SSSR count). The lowest BCUT2D eigenvalue weighted by Crippen LogP contribution is -2.25. The van der Waals surface area contributed by atoms with Crippen molar-refractivity contribution in [3.63, 3.8) is 0 Å². The van der Waals surface area contributed by atoms with Crippen molar-refractivity contribution < 1.29 is 4.79 Å². The first-order valence-corrected chi connectivity index (χ1v) is 10.1. The molecule has 1 aliphatic heterocycles. The molecule has 5 heteroatoms. The first-order chi connectivity index (χ1) is 13.2. The summed E-state index contributed by atoms with van der Waals surface area (Å²) in [6.45, 7) is 8.51. The molecule has 0 atom stereocenters. The van der Waals surface area contributed by atoms with Crippen molar-refractivity contribution in [2.75, 3.05) is 41.3 Å². The van der Waals surface area contributed by atoms with Crippen molar-refractivity contribution in [1.29, 1.82) is 0 Å². The molecule has 1 aromatic carbocycles. The third kappa shape index (κ3) is 5.00. The maximum Gasteiger partial charge on any atom is 0.257 e. The van der Waals surface area contributed by atoms with Crippen molar-refractivity contribution >= 4 is 23.0 Å². The van der Waals surface area contributed by atoms with Gasteiger partial charge in [-0.2, -0.15) is 0 Å². The zero-order valence-corrected chi connectivity index (χ0v) is 16.4. The van der Waals surface area contributed by atoms with E-state index in [9.17, 15) is 4.79 Å². The molecular weight excluding hydrogens is 336 g/mol. The highest BCUT2D eigenvalue weighted by Crippen LogP contribution is 2.23. The van der Waals surface area contributed by atoms with E-state index in [1.807, 2.05) is 24.4 Å². The molecule has 0 radical (unpaired) electrons. The lowest BCUT2D eigenvalue weighted by molar-refractivity contribution is 0.102. The second-order valence-electron chi connectivity index (χ2n) is 7.11. The van der Waals surface area contributed by atoms with Crippen LogP contribution in [-0.4, -0.2) is 37.1 Å². The van der Waals surface area contributed by atoms with Crippen molar-refractivity contribution in [3.05, 3.63) is 48.3 Å². The first kappa shape index (κ1) is 19.2. The second-order valence-corrected chi connectivity index (χ2v) is 7.11. The maximum atomic E-state index is 12.7. The smallest absolute Gasteiger partial charge is 0.257 e. The van der Waals surface area contributed by atoms with Crippen LogP contribution in [0.3, 0.4) is 0 Å². The van der Waals surface area contributed by atoms with Crippen molar-refractivity contribution in [2.45, 2.75) is 39.5 Å². The molecule has 0 bridgehead atoms. The minimum Gasteiger partial charge on any atom is -0.372 e. The number of carbonyl (C=O) groups is 1. The minimum atomic E-state index is -0.119. The van der Waals surface area contributed by atoms with E-state index in [0.29, 0.717) is 5.56 Å². The van der Waals surface area contributed by atoms with Gasteiger partial charge in [-0.25, -0.2) is 0 Å². The molecule has 1 saturated heterocycles.